The SMILES string of the molecule is Cc1cccc(C)c1NC(=O)CON=Cc1ccc(N2CCOCC2)cc1. The Hall–Kier alpha value is -2.86. The highest BCUT2D eigenvalue weighted by atomic mass is 16.6. The maximum atomic E-state index is 12.0. The van der Waals surface area contributed by atoms with Crippen molar-refractivity contribution in [1.82, 2.24) is 0 Å². The Kier molecular flexibility index (Phi) is 6.44. The second kappa shape index (κ2) is 9.19. The van der Waals surface area contributed by atoms with Gasteiger partial charge >= 0.3 is 0 Å². The van der Waals surface area contributed by atoms with E-state index >= 15 is 0 Å². The van der Waals surface area contributed by atoms with Crippen molar-refractivity contribution in [3.05, 3.63) is 59.2 Å². The molecular weight excluding hydrogens is 342 g/mol. The third-order valence-corrected chi connectivity index (χ3v) is 4.49. The number of para-hydroxylation sites is 1. The number of benzene rings is 2. The van der Waals surface area contributed by atoms with Crippen LogP contribution in [0.15, 0.2) is 47.6 Å². The summed E-state index contributed by atoms with van der Waals surface area (Å²) in [6.45, 7) is 7.14. The number of carbonyl (C=O) groups excluding carboxylic acids is 1. The van der Waals surface area contributed by atoms with Gasteiger partial charge in [-0.05, 0) is 42.7 Å². The highest BCUT2D eigenvalue weighted by Gasteiger charge is 2.10. The van der Waals surface area contributed by atoms with Gasteiger partial charge in [0.2, 0.25) is 0 Å². The molecule has 0 aromatic heterocycles. The first kappa shape index (κ1) is 18.9. The van der Waals surface area contributed by atoms with Gasteiger partial charge in [-0.15, -0.1) is 0 Å². The molecule has 3 rings (SSSR count). The molecule has 0 unspecified atom stereocenters. The lowest BCUT2D eigenvalue weighted by Crippen LogP contribution is -2.36. The van der Waals surface area contributed by atoms with Gasteiger partial charge in [-0.25, -0.2) is 0 Å². The summed E-state index contributed by atoms with van der Waals surface area (Å²) >= 11 is 0. The predicted octanol–water partition coefficient (Wildman–Crippen LogP) is 3.13. The first-order chi connectivity index (χ1) is 13.1. The summed E-state index contributed by atoms with van der Waals surface area (Å²) in [4.78, 5) is 19.4. The Morgan fingerprint density at radius 1 is 1.15 bits per heavy atom. The fraction of sp³-hybridized carbons (Fsp3) is 0.333. The predicted molar refractivity (Wildman–Crippen MR) is 108 cm³/mol. The van der Waals surface area contributed by atoms with E-state index < -0.39 is 0 Å². The molecule has 1 saturated heterocycles. The fourth-order valence-electron chi connectivity index (χ4n) is 2.97. The van der Waals surface area contributed by atoms with E-state index in [0.717, 1.165) is 48.7 Å². The second-order valence-electron chi connectivity index (χ2n) is 6.51. The number of nitrogens with zero attached hydrogens (tertiary/aromatic N) is 2. The monoisotopic (exact) mass is 367 g/mol. The minimum Gasteiger partial charge on any atom is -0.386 e. The molecule has 0 bridgehead atoms. The second-order valence-corrected chi connectivity index (χ2v) is 6.51. The lowest BCUT2D eigenvalue weighted by atomic mass is 10.1. The van der Waals surface area contributed by atoms with Crippen LogP contribution >= 0.6 is 0 Å². The zero-order valence-electron chi connectivity index (χ0n) is 15.8. The molecule has 2 aromatic rings. The van der Waals surface area contributed by atoms with Gasteiger partial charge < -0.3 is 19.8 Å². The van der Waals surface area contributed by atoms with Gasteiger partial charge in [0.05, 0.1) is 19.4 Å². The normalized spacial score (nSPS) is 14.4. The number of carbonyl (C=O) groups is 1. The standard InChI is InChI=1S/C21H25N3O3/c1-16-4-3-5-17(2)21(16)23-20(25)15-27-22-14-18-6-8-19(9-7-18)24-10-12-26-13-11-24/h3-9,14H,10-13,15H2,1-2H3,(H,23,25). The van der Waals surface area contributed by atoms with Gasteiger partial charge in [0.25, 0.3) is 5.91 Å². The van der Waals surface area contributed by atoms with E-state index in [-0.39, 0.29) is 12.5 Å². The van der Waals surface area contributed by atoms with Gasteiger partial charge in [0, 0.05) is 24.5 Å². The summed E-state index contributed by atoms with van der Waals surface area (Å²) in [6.07, 6.45) is 1.61. The van der Waals surface area contributed by atoms with Gasteiger partial charge in [-0.2, -0.15) is 0 Å². The van der Waals surface area contributed by atoms with Gasteiger partial charge in [0.1, 0.15) is 0 Å². The summed E-state index contributed by atoms with van der Waals surface area (Å²) in [5.74, 6) is -0.229. The van der Waals surface area contributed by atoms with E-state index in [2.05, 4.69) is 27.5 Å². The molecule has 2 aromatic carbocycles. The zero-order chi connectivity index (χ0) is 19.1. The number of anilines is 2. The molecule has 6 heteroatoms. The van der Waals surface area contributed by atoms with Crippen LogP contribution in [0.4, 0.5) is 11.4 Å². The minimum absolute atomic E-state index is 0.129. The minimum atomic E-state index is -0.229. The molecule has 1 aliphatic heterocycles. The molecule has 0 radical (unpaired) electrons. The third-order valence-electron chi connectivity index (χ3n) is 4.49. The molecule has 0 atom stereocenters. The third kappa shape index (κ3) is 5.31. The van der Waals surface area contributed by atoms with E-state index in [0.29, 0.717) is 0 Å². The Bertz CT molecular complexity index is 777. The van der Waals surface area contributed by atoms with Crippen molar-refractivity contribution in [1.29, 1.82) is 0 Å². The Balaban J connectivity index is 1.47. The number of amides is 1. The van der Waals surface area contributed by atoms with Gasteiger partial charge in [-0.3, -0.25) is 4.79 Å². The molecule has 0 aliphatic carbocycles. The van der Waals surface area contributed by atoms with Crippen molar-refractivity contribution < 1.29 is 14.4 Å². The maximum absolute atomic E-state index is 12.0. The van der Waals surface area contributed by atoms with E-state index in [1.807, 2.05) is 44.2 Å². The summed E-state index contributed by atoms with van der Waals surface area (Å²) in [5.41, 5.74) is 4.96. The lowest BCUT2D eigenvalue weighted by Gasteiger charge is -2.28. The van der Waals surface area contributed by atoms with E-state index in [1.165, 1.54) is 5.69 Å². The number of aryl methyl sites for hydroxylation is 2. The van der Waals surface area contributed by atoms with Crippen molar-refractivity contribution in [2.75, 3.05) is 43.1 Å². The zero-order valence-corrected chi connectivity index (χ0v) is 15.8. The molecule has 6 nitrogen and oxygen atoms in total. The van der Waals surface area contributed by atoms with Crippen LogP contribution < -0.4 is 10.2 Å². The molecule has 142 valence electrons. The number of morpholine rings is 1. The molecule has 0 saturated carbocycles. The van der Waals surface area contributed by atoms with Crippen molar-refractivity contribution in [2.24, 2.45) is 5.16 Å². The van der Waals surface area contributed by atoms with E-state index in [9.17, 15) is 4.79 Å². The molecule has 1 heterocycles. The number of hydrogen-bond acceptors (Lipinski definition) is 5. The van der Waals surface area contributed by atoms with Crippen molar-refractivity contribution in [3.63, 3.8) is 0 Å². The Labute approximate surface area is 159 Å². The first-order valence-corrected chi connectivity index (χ1v) is 9.07. The van der Waals surface area contributed by atoms with E-state index in [1.54, 1.807) is 6.21 Å². The van der Waals surface area contributed by atoms with Crippen LogP contribution in [0.5, 0.6) is 0 Å². The van der Waals surface area contributed by atoms with Crippen LogP contribution in [0.1, 0.15) is 16.7 Å². The van der Waals surface area contributed by atoms with Crippen molar-refractivity contribution in [3.8, 4) is 0 Å². The number of ether oxygens (including phenoxy) is 1. The first-order valence-electron chi connectivity index (χ1n) is 9.07. The summed E-state index contributed by atoms with van der Waals surface area (Å²) in [7, 11) is 0. The number of nitrogens with one attached hydrogen (secondary N) is 1. The van der Waals surface area contributed by atoms with Crippen LogP contribution in [0.2, 0.25) is 0 Å². The topological polar surface area (TPSA) is 63.2 Å². The highest BCUT2D eigenvalue weighted by molar-refractivity contribution is 5.93. The number of oxime groups is 1. The lowest BCUT2D eigenvalue weighted by molar-refractivity contribution is -0.120. The Morgan fingerprint density at radius 2 is 1.81 bits per heavy atom. The number of hydrogen-bond donors (Lipinski definition) is 1. The average molecular weight is 367 g/mol. The van der Waals surface area contributed by atoms with Gasteiger partial charge in [-0.1, -0.05) is 35.5 Å². The molecule has 1 amide bonds. The van der Waals surface area contributed by atoms with Crippen LogP contribution in [0.25, 0.3) is 0 Å². The maximum Gasteiger partial charge on any atom is 0.265 e. The molecule has 0 spiro atoms. The van der Waals surface area contributed by atoms with Crippen molar-refractivity contribution >= 4 is 23.5 Å². The van der Waals surface area contributed by atoms with Crippen molar-refractivity contribution in [2.45, 2.75) is 13.8 Å². The smallest absolute Gasteiger partial charge is 0.265 e. The van der Waals surface area contributed by atoms with Crippen LogP contribution in [0.3, 0.4) is 0 Å². The summed E-state index contributed by atoms with van der Waals surface area (Å²) in [6, 6.07) is 14.0. The molecule has 27 heavy (non-hydrogen) atoms. The molecule has 1 aliphatic rings. The van der Waals surface area contributed by atoms with Crippen LogP contribution in [-0.4, -0.2) is 45.0 Å². The van der Waals surface area contributed by atoms with Crippen LogP contribution in [0, 0.1) is 13.8 Å². The Morgan fingerprint density at radius 3 is 2.48 bits per heavy atom. The summed E-state index contributed by atoms with van der Waals surface area (Å²) < 4.78 is 5.37. The summed E-state index contributed by atoms with van der Waals surface area (Å²) in [5, 5.41) is 6.76. The van der Waals surface area contributed by atoms with Crippen LogP contribution in [-0.2, 0) is 14.4 Å². The van der Waals surface area contributed by atoms with Gasteiger partial charge in [0.15, 0.2) is 6.61 Å². The highest BCUT2D eigenvalue weighted by Crippen LogP contribution is 2.19. The quantitative estimate of drug-likeness (QED) is 0.629. The average Bonchev–Trinajstić information content (AvgIpc) is 2.69. The fourth-order valence-corrected chi connectivity index (χ4v) is 2.97. The molecule has 1 N–H and O–H groups in total. The molecule has 1 fully saturated rings. The largest absolute Gasteiger partial charge is 0.386 e. The van der Waals surface area contributed by atoms with E-state index in [4.69, 9.17) is 9.57 Å². The number of rotatable bonds is 6. The molecular formula is C21H25N3O3.